The van der Waals surface area contributed by atoms with E-state index < -0.39 is 0 Å². The topological polar surface area (TPSA) is 38.0 Å². The molecular weight excluding hydrogens is 148 g/mol. The first-order valence-corrected chi connectivity index (χ1v) is 4.51. The Bertz CT molecular complexity index is 194. The minimum absolute atomic E-state index is 0.0503. The van der Waals surface area contributed by atoms with Crippen LogP contribution in [0.25, 0.3) is 0 Å². The standard InChI is InChI=1S/C10H18N2/c1-8-5-3-4-6-9(7-8)10(11)12-2/h4,6-7,9-10,12H,3,5,11H2,1-2H3/t9-,10?/m0/s1. The van der Waals surface area contributed by atoms with Crippen molar-refractivity contribution in [1.29, 1.82) is 0 Å². The van der Waals surface area contributed by atoms with E-state index in [0.29, 0.717) is 5.92 Å². The molecule has 1 aliphatic carbocycles. The lowest BCUT2D eigenvalue weighted by Gasteiger charge is -2.16. The minimum Gasteiger partial charge on any atom is -0.315 e. The summed E-state index contributed by atoms with van der Waals surface area (Å²) in [4.78, 5) is 0. The van der Waals surface area contributed by atoms with Gasteiger partial charge in [-0.1, -0.05) is 23.8 Å². The lowest BCUT2D eigenvalue weighted by molar-refractivity contribution is 0.511. The van der Waals surface area contributed by atoms with E-state index in [1.54, 1.807) is 0 Å². The van der Waals surface area contributed by atoms with Gasteiger partial charge in [-0.25, -0.2) is 0 Å². The van der Waals surface area contributed by atoms with Crippen LogP contribution in [-0.4, -0.2) is 13.2 Å². The highest BCUT2D eigenvalue weighted by Gasteiger charge is 2.11. The van der Waals surface area contributed by atoms with Gasteiger partial charge in [-0.15, -0.1) is 0 Å². The molecule has 0 fully saturated rings. The van der Waals surface area contributed by atoms with Gasteiger partial charge in [0.05, 0.1) is 6.17 Å². The summed E-state index contributed by atoms with van der Waals surface area (Å²) in [5.41, 5.74) is 7.31. The molecule has 0 aliphatic heterocycles. The Labute approximate surface area is 74.5 Å². The van der Waals surface area contributed by atoms with Crippen LogP contribution in [-0.2, 0) is 0 Å². The molecule has 0 aromatic carbocycles. The molecule has 0 saturated heterocycles. The van der Waals surface area contributed by atoms with Crippen LogP contribution < -0.4 is 11.1 Å². The molecule has 0 aromatic heterocycles. The van der Waals surface area contributed by atoms with Gasteiger partial charge in [0.1, 0.15) is 0 Å². The fourth-order valence-electron chi connectivity index (χ4n) is 1.45. The summed E-state index contributed by atoms with van der Waals surface area (Å²) < 4.78 is 0. The highest BCUT2D eigenvalue weighted by molar-refractivity contribution is 5.13. The smallest absolute Gasteiger partial charge is 0.0644 e. The summed E-state index contributed by atoms with van der Waals surface area (Å²) in [6, 6.07) is 0. The van der Waals surface area contributed by atoms with E-state index in [4.69, 9.17) is 5.73 Å². The Kier molecular flexibility index (Phi) is 3.50. The number of nitrogens with two attached hydrogens (primary N) is 1. The lowest BCUT2D eigenvalue weighted by atomic mass is 10.0. The zero-order valence-electron chi connectivity index (χ0n) is 7.88. The van der Waals surface area contributed by atoms with Crippen molar-refractivity contribution in [2.75, 3.05) is 7.05 Å². The van der Waals surface area contributed by atoms with E-state index in [0.717, 1.165) is 6.42 Å². The van der Waals surface area contributed by atoms with Crippen molar-refractivity contribution < 1.29 is 0 Å². The van der Waals surface area contributed by atoms with Crippen LogP contribution >= 0.6 is 0 Å². The number of nitrogens with one attached hydrogen (secondary N) is 1. The quantitative estimate of drug-likeness (QED) is 0.481. The van der Waals surface area contributed by atoms with Crippen LogP contribution in [0, 0.1) is 5.92 Å². The van der Waals surface area contributed by atoms with Crippen molar-refractivity contribution >= 4 is 0 Å². The third-order valence-corrected chi connectivity index (χ3v) is 2.29. The maximum absolute atomic E-state index is 5.87. The second-order valence-corrected chi connectivity index (χ2v) is 3.37. The van der Waals surface area contributed by atoms with E-state index in [1.165, 1.54) is 12.0 Å². The van der Waals surface area contributed by atoms with Gasteiger partial charge in [0.15, 0.2) is 0 Å². The fraction of sp³-hybridized carbons (Fsp3) is 0.600. The van der Waals surface area contributed by atoms with Gasteiger partial charge in [-0.05, 0) is 26.8 Å². The molecule has 0 saturated carbocycles. The molecule has 0 aromatic rings. The second kappa shape index (κ2) is 4.43. The first-order chi connectivity index (χ1) is 5.74. The molecule has 2 heteroatoms. The summed E-state index contributed by atoms with van der Waals surface area (Å²) in [6.07, 6.45) is 9.03. The predicted octanol–water partition coefficient (Wildman–Crippen LogP) is 1.40. The molecule has 2 nitrogen and oxygen atoms in total. The maximum atomic E-state index is 5.87. The van der Waals surface area contributed by atoms with Crippen molar-refractivity contribution in [3.63, 3.8) is 0 Å². The first kappa shape index (κ1) is 9.49. The molecule has 12 heavy (non-hydrogen) atoms. The average molecular weight is 166 g/mol. The van der Waals surface area contributed by atoms with Gasteiger partial charge in [-0.2, -0.15) is 0 Å². The summed E-state index contributed by atoms with van der Waals surface area (Å²) in [5, 5.41) is 3.06. The Balaban J connectivity index is 2.66. The van der Waals surface area contributed by atoms with E-state index in [1.807, 2.05) is 7.05 Å². The van der Waals surface area contributed by atoms with E-state index >= 15 is 0 Å². The van der Waals surface area contributed by atoms with Crippen molar-refractivity contribution in [2.45, 2.75) is 25.9 Å². The Morgan fingerprint density at radius 2 is 2.42 bits per heavy atom. The largest absolute Gasteiger partial charge is 0.315 e. The van der Waals surface area contributed by atoms with Crippen LogP contribution in [0.2, 0.25) is 0 Å². The Hall–Kier alpha value is -0.600. The second-order valence-electron chi connectivity index (χ2n) is 3.37. The molecule has 0 radical (unpaired) electrons. The van der Waals surface area contributed by atoms with Crippen LogP contribution in [0.5, 0.6) is 0 Å². The highest BCUT2D eigenvalue weighted by atomic mass is 15.0. The zero-order chi connectivity index (χ0) is 8.97. The summed E-state index contributed by atoms with van der Waals surface area (Å²) >= 11 is 0. The van der Waals surface area contributed by atoms with Crippen LogP contribution in [0.4, 0.5) is 0 Å². The summed E-state index contributed by atoms with van der Waals surface area (Å²) in [7, 11) is 1.90. The van der Waals surface area contributed by atoms with Gasteiger partial charge >= 0.3 is 0 Å². The molecule has 1 aliphatic rings. The first-order valence-electron chi connectivity index (χ1n) is 4.51. The third-order valence-electron chi connectivity index (χ3n) is 2.29. The summed E-state index contributed by atoms with van der Waals surface area (Å²) in [6.45, 7) is 2.17. The van der Waals surface area contributed by atoms with Crippen molar-refractivity contribution in [1.82, 2.24) is 5.32 Å². The Morgan fingerprint density at radius 3 is 3.08 bits per heavy atom. The number of rotatable bonds is 2. The van der Waals surface area contributed by atoms with Gasteiger partial charge < -0.3 is 11.1 Å². The van der Waals surface area contributed by atoms with Gasteiger partial charge in [0.25, 0.3) is 0 Å². The molecule has 3 N–H and O–H groups in total. The maximum Gasteiger partial charge on any atom is 0.0644 e. The lowest BCUT2D eigenvalue weighted by Crippen LogP contribution is -2.40. The van der Waals surface area contributed by atoms with Crippen LogP contribution in [0.15, 0.2) is 23.8 Å². The highest BCUT2D eigenvalue weighted by Crippen LogP contribution is 2.16. The summed E-state index contributed by atoms with van der Waals surface area (Å²) in [5.74, 6) is 0.359. The molecule has 0 heterocycles. The van der Waals surface area contributed by atoms with E-state index in [-0.39, 0.29) is 6.17 Å². The number of hydrogen-bond donors (Lipinski definition) is 2. The normalized spacial score (nSPS) is 26.2. The SMILES string of the molecule is CNC(N)[C@H]1C=CCCC(C)=C1. The zero-order valence-corrected chi connectivity index (χ0v) is 7.88. The van der Waals surface area contributed by atoms with Gasteiger partial charge in [-0.3, -0.25) is 0 Å². The molecule has 0 bridgehead atoms. The number of allylic oxidation sites excluding steroid dienone is 2. The van der Waals surface area contributed by atoms with E-state index in [2.05, 4.69) is 30.5 Å². The fourth-order valence-corrected chi connectivity index (χ4v) is 1.45. The molecule has 0 spiro atoms. The van der Waals surface area contributed by atoms with Gasteiger partial charge in [0.2, 0.25) is 0 Å². The molecule has 68 valence electrons. The molecule has 2 atom stereocenters. The number of hydrogen-bond acceptors (Lipinski definition) is 2. The van der Waals surface area contributed by atoms with Crippen molar-refractivity contribution in [3.8, 4) is 0 Å². The van der Waals surface area contributed by atoms with Gasteiger partial charge in [0, 0.05) is 5.92 Å². The third kappa shape index (κ3) is 2.47. The van der Waals surface area contributed by atoms with Crippen LogP contribution in [0.3, 0.4) is 0 Å². The predicted molar refractivity (Wildman–Crippen MR) is 52.7 cm³/mol. The van der Waals surface area contributed by atoms with Crippen molar-refractivity contribution in [3.05, 3.63) is 23.8 Å². The Morgan fingerprint density at radius 1 is 1.67 bits per heavy atom. The molecular formula is C10H18N2. The van der Waals surface area contributed by atoms with Crippen LogP contribution in [0.1, 0.15) is 19.8 Å². The average Bonchev–Trinajstić information content (AvgIpc) is 2.28. The van der Waals surface area contributed by atoms with E-state index in [9.17, 15) is 0 Å². The molecule has 1 rings (SSSR count). The molecule has 0 amide bonds. The van der Waals surface area contributed by atoms with Crippen molar-refractivity contribution in [2.24, 2.45) is 11.7 Å². The minimum atomic E-state index is 0.0503. The monoisotopic (exact) mass is 166 g/mol. The molecule has 1 unspecified atom stereocenters.